The predicted molar refractivity (Wildman–Crippen MR) is 20.9 cm³/mol. The molecule has 22 valence electrons. The van der Waals surface area contributed by atoms with Gasteiger partial charge in [0, 0.05) is 27.3 Å². The van der Waals surface area contributed by atoms with E-state index in [1.807, 2.05) is 0 Å². The third-order valence-electron chi connectivity index (χ3n) is 0. The SMILES string of the molecule is [Pb].[S]=[Mo]=[S]. The average Bonchev–Trinajstić information content (AvgIpc) is 0.918. The normalized spacial score (nSPS) is 3.00. The Morgan fingerprint density at radius 2 is 1.25 bits per heavy atom. The molecule has 0 spiro atoms. The minimum atomic E-state index is -0.363. The van der Waals surface area contributed by atoms with E-state index in [4.69, 9.17) is 0 Å². The first-order chi connectivity index (χ1) is 1.41. The van der Waals surface area contributed by atoms with Gasteiger partial charge in [-0.2, -0.15) is 0 Å². The molecular formula is MoPbS2. The van der Waals surface area contributed by atoms with Crippen LogP contribution in [0.15, 0.2) is 0 Å². The van der Waals surface area contributed by atoms with Crippen molar-refractivity contribution in [3.05, 3.63) is 0 Å². The van der Waals surface area contributed by atoms with Crippen molar-refractivity contribution in [3.8, 4) is 0 Å². The summed E-state index contributed by atoms with van der Waals surface area (Å²) in [7, 11) is 8.68. The third-order valence-corrected chi connectivity index (χ3v) is 0. The van der Waals surface area contributed by atoms with Gasteiger partial charge in [-0.3, -0.25) is 0 Å². The monoisotopic (exact) mass is 370 g/mol. The molecule has 0 aliphatic carbocycles. The summed E-state index contributed by atoms with van der Waals surface area (Å²) in [6, 6.07) is 0. The molecule has 0 aromatic carbocycles. The van der Waals surface area contributed by atoms with Crippen molar-refractivity contribution >= 4 is 46.9 Å². The summed E-state index contributed by atoms with van der Waals surface area (Å²) in [5.74, 6) is 0. The molecule has 0 amide bonds. The van der Waals surface area contributed by atoms with Crippen LogP contribution in [0.3, 0.4) is 0 Å². The van der Waals surface area contributed by atoms with Gasteiger partial charge >= 0.3 is 34.6 Å². The van der Waals surface area contributed by atoms with Crippen molar-refractivity contribution in [2.75, 3.05) is 0 Å². The first-order valence-corrected chi connectivity index (χ1v) is 5.92. The Hall–Kier alpha value is 2.05. The van der Waals surface area contributed by atoms with Gasteiger partial charge in [0.25, 0.3) is 0 Å². The van der Waals surface area contributed by atoms with Crippen LogP contribution in [0.4, 0.5) is 0 Å². The maximum atomic E-state index is 4.34. The molecule has 0 aromatic rings. The minimum absolute atomic E-state index is 0. The molecule has 0 saturated carbocycles. The quantitative estimate of drug-likeness (QED) is 0.584. The molecule has 0 aromatic heterocycles. The van der Waals surface area contributed by atoms with E-state index in [1.165, 1.54) is 0 Å². The maximum absolute atomic E-state index is 4.34. The summed E-state index contributed by atoms with van der Waals surface area (Å²) in [4.78, 5) is 0. The van der Waals surface area contributed by atoms with E-state index in [0.717, 1.165) is 0 Å². The molecular weight excluding hydrogens is 367 g/mol. The summed E-state index contributed by atoms with van der Waals surface area (Å²) < 4.78 is 0. The molecule has 0 nitrogen and oxygen atoms in total. The summed E-state index contributed by atoms with van der Waals surface area (Å²) in [5, 5.41) is 0. The van der Waals surface area contributed by atoms with Crippen LogP contribution in [0, 0.1) is 0 Å². The molecule has 0 heterocycles. The molecule has 0 bridgehead atoms. The van der Waals surface area contributed by atoms with E-state index in [-0.39, 0.29) is 42.2 Å². The van der Waals surface area contributed by atoms with Gasteiger partial charge in [-0.05, 0) is 0 Å². The molecule has 0 fully saturated rings. The second-order valence-corrected chi connectivity index (χ2v) is 3.62. The fourth-order valence-corrected chi connectivity index (χ4v) is 0. The fraction of sp³-hybridized carbons (Fsp3) is 0. The Balaban J connectivity index is 0. The zero-order chi connectivity index (χ0) is 2.71. The molecule has 0 saturated heterocycles. The van der Waals surface area contributed by atoms with E-state index in [1.54, 1.807) is 0 Å². The topological polar surface area (TPSA) is 0 Å². The van der Waals surface area contributed by atoms with Crippen molar-refractivity contribution in [3.63, 3.8) is 0 Å². The van der Waals surface area contributed by atoms with E-state index in [9.17, 15) is 0 Å². The average molecular weight is 367 g/mol. The first kappa shape index (κ1) is 9.41. The molecule has 4 heavy (non-hydrogen) atoms. The second-order valence-electron chi connectivity index (χ2n) is 0.0680. The van der Waals surface area contributed by atoms with Crippen LogP contribution in [-0.4, -0.2) is 27.3 Å². The van der Waals surface area contributed by atoms with Crippen molar-refractivity contribution in [2.45, 2.75) is 0 Å². The van der Waals surface area contributed by atoms with Gasteiger partial charge < -0.3 is 0 Å². The summed E-state index contributed by atoms with van der Waals surface area (Å²) >= 11 is -0.363. The van der Waals surface area contributed by atoms with Gasteiger partial charge in [-0.1, -0.05) is 0 Å². The van der Waals surface area contributed by atoms with Gasteiger partial charge in [0.15, 0.2) is 0 Å². The van der Waals surface area contributed by atoms with Crippen molar-refractivity contribution in [2.24, 2.45) is 0 Å². The van der Waals surface area contributed by atoms with Gasteiger partial charge in [0.2, 0.25) is 0 Å². The molecule has 0 atom stereocenters. The van der Waals surface area contributed by atoms with Gasteiger partial charge in [0.05, 0.1) is 0 Å². The molecule has 0 N–H and O–H groups in total. The van der Waals surface area contributed by atoms with E-state index < -0.39 is 0 Å². The standard InChI is InChI=1S/Mo.Pb.2S. The number of hydrogen-bond donors (Lipinski definition) is 0. The Morgan fingerprint density at radius 3 is 1.25 bits per heavy atom. The number of rotatable bonds is 0. The first-order valence-electron chi connectivity index (χ1n) is 0.333. The van der Waals surface area contributed by atoms with Crippen molar-refractivity contribution in [1.29, 1.82) is 0 Å². The number of hydrogen-bond acceptors (Lipinski definition) is 2. The zero-order valence-corrected chi connectivity index (χ0v) is 9.25. The van der Waals surface area contributed by atoms with Crippen LogP contribution in [0.25, 0.3) is 0 Å². The summed E-state index contributed by atoms with van der Waals surface area (Å²) in [5.41, 5.74) is 0. The summed E-state index contributed by atoms with van der Waals surface area (Å²) in [6.07, 6.45) is 0. The Kier molecular flexibility index (Phi) is 20.9. The van der Waals surface area contributed by atoms with E-state index in [0.29, 0.717) is 0 Å². The van der Waals surface area contributed by atoms with E-state index >= 15 is 0 Å². The molecule has 0 aliphatic rings. The molecule has 4 heteroatoms. The molecule has 0 aliphatic heterocycles. The molecule has 0 rings (SSSR count). The Bertz CT molecular complexity index is 27.0. The molecule has 0 unspecified atom stereocenters. The van der Waals surface area contributed by atoms with Crippen LogP contribution < -0.4 is 0 Å². The van der Waals surface area contributed by atoms with Gasteiger partial charge in [0.1, 0.15) is 0 Å². The van der Waals surface area contributed by atoms with Crippen LogP contribution in [-0.2, 0) is 14.9 Å². The van der Waals surface area contributed by atoms with Crippen molar-refractivity contribution < 1.29 is 14.9 Å². The Labute approximate surface area is 60.9 Å². The van der Waals surface area contributed by atoms with Gasteiger partial charge in [-0.15, -0.1) is 0 Å². The molecule has 4 radical (unpaired) electrons. The van der Waals surface area contributed by atoms with Crippen LogP contribution in [0.5, 0.6) is 0 Å². The van der Waals surface area contributed by atoms with Gasteiger partial charge in [-0.25, -0.2) is 0 Å². The summed E-state index contributed by atoms with van der Waals surface area (Å²) in [6.45, 7) is 0. The third kappa shape index (κ3) is 8.96. The Morgan fingerprint density at radius 1 is 1.25 bits per heavy atom. The fourth-order valence-electron chi connectivity index (χ4n) is 0. The van der Waals surface area contributed by atoms with Crippen LogP contribution >= 0.6 is 19.6 Å². The van der Waals surface area contributed by atoms with Crippen LogP contribution in [0.1, 0.15) is 0 Å². The zero-order valence-electron chi connectivity index (χ0n) is 1.72. The van der Waals surface area contributed by atoms with Crippen molar-refractivity contribution in [1.82, 2.24) is 0 Å². The van der Waals surface area contributed by atoms with E-state index in [2.05, 4.69) is 19.6 Å². The van der Waals surface area contributed by atoms with Crippen LogP contribution in [0.2, 0.25) is 0 Å². The predicted octanol–water partition coefficient (Wildman–Crippen LogP) is 0.913. The second kappa shape index (κ2) is 8.90.